The number of anilines is 1. The lowest BCUT2D eigenvalue weighted by atomic mass is 10.1. The molecule has 0 spiro atoms. The maximum absolute atomic E-state index is 13.6. The van der Waals surface area contributed by atoms with Gasteiger partial charge in [-0.3, -0.25) is 4.79 Å². The van der Waals surface area contributed by atoms with E-state index in [-0.39, 0.29) is 16.5 Å². The number of aryl methyl sites for hydroxylation is 1. The van der Waals surface area contributed by atoms with Crippen molar-refractivity contribution in [3.63, 3.8) is 0 Å². The Kier molecular flexibility index (Phi) is 6.52. The Morgan fingerprint density at radius 3 is 2.36 bits per heavy atom. The van der Waals surface area contributed by atoms with Gasteiger partial charge >= 0.3 is 0 Å². The van der Waals surface area contributed by atoms with E-state index in [4.69, 9.17) is 11.6 Å². The third-order valence-corrected chi connectivity index (χ3v) is 6.26. The summed E-state index contributed by atoms with van der Waals surface area (Å²) >= 11 is 5.96. The van der Waals surface area contributed by atoms with Gasteiger partial charge in [-0.25, -0.2) is 4.39 Å². The summed E-state index contributed by atoms with van der Waals surface area (Å²) < 4.78 is 15.5. The van der Waals surface area contributed by atoms with Crippen LogP contribution in [0.25, 0.3) is 11.8 Å². The average Bonchev–Trinajstić information content (AvgIpc) is 3.12. The highest BCUT2D eigenvalue weighted by molar-refractivity contribution is 6.30. The molecule has 168 valence electrons. The lowest BCUT2D eigenvalue weighted by molar-refractivity contribution is -0.126. The highest BCUT2D eigenvalue weighted by Gasteiger charge is 2.24. The van der Waals surface area contributed by atoms with Crippen LogP contribution in [-0.4, -0.2) is 41.6 Å². The van der Waals surface area contributed by atoms with Crippen molar-refractivity contribution in [2.45, 2.75) is 13.8 Å². The zero-order valence-electron chi connectivity index (χ0n) is 18.6. The molecule has 0 saturated carbocycles. The number of piperazine rings is 1. The minimum absolute atomic E-state index is 0.0413. The molecule has 4 rings (SSSR count). The van der Waals surface area contributed by atoms with Crippen LogP contribution < -0.4 is 4.90 Å². The second-order valence-corrected chi connectivity index (χ2v) is 8.45. The lowest BCUT2D eigenvalue weighted by Gasteiger charge is -2.36. The number of carbonyl (C=O) groups is 1. The van der Waals surface area contributed by atoms with Crippen LogP contribution in [0.2, 0.25) is 5.02 Å². The van der Waals surface area contributed by atoms with E-state index in [0.29, 0.717) is 26.2 Å². The van der Waals surface area contributed by atoms with Crippen LogP contribution in [0, 0.1) is 31.0 Å². The van der Waals surface area contributed by atoms with E-state index >= 15 is 0 Å². The molecular formula is C26H24ClFN4O. The summed E-state index contributed by atoms with van der Waals surface area (Å²) in [7, 11) is 0. The van der Waals surface area contributed by atoms with Crippen LogP contribution in [0.1, 0.15) is 17.0 Å². The van der Waals surface area contributed by atoms with E-state index in [1.54, 1.807) is 23.1 Å². The second-order valence-electron chi connectivity index (χ2n) is 8.04. The van der Waals surface area contributed by atoms with Crippen LogP contribution in [0.15, 0.2) is 60.2 Å². The van der Waals surface area contributed by atoms with Crippen LogP contribution in [0.4, 0.5) is 10.1 Å². The number of nitrogens with zero attached hydrogens (tertiary/aromatic N) is 4. The number of para-hydroxylation sites is 1. The fraction of sp³-hybridized carbons (Fsp3) is 0.231. The second kappa shape index (κ2) is 9.51. The maximum atomic E-state index is 13.6. The third kappa shape index (κ3) is 4.64. The molecule has 2 aromatic carbocycles. The molecule has 0 bridgehead atoms. The molecule has 1 saturated heterocycles. The summed E-state index contributed by atoms with van der Waals surface area (Å²) in [5.74, 6) is -0.743. The lowest BCUT2D eigenvalue weighted by Crippen LogP contribution is -2.49. The first kappa shape index (κ1) is 22.6. The normalized spacial score (nSPS) is 14.3. The van der Waals surface area contributed by atoms with E-state index in [1.807, 2.05) is 42.7 Å². The van der Waals surface area contributed by atoms with E-state index in [9.17, 15) is 14.4 Å². The van der Waals surface area contributed by atoms with Gasteiger partial charge in [0.1, 0.15) is 17.5 Å². The van der Waals surface area contributed by atoms with Crippen molar-refractivity contribution >= 4 is 29.3 Å². The van der Waals surface area contributed by atoms with E-state index < -0.39 is 5.82 Å². The predicted molar refractivity (Wildman–Crippen MR) is 129 cm³/mol. The fourth-order valence-electron chi connectivity index (χ4n) is 4.23. The molecule has 0 atom stereocenters. The van der Waals surface area contributed by atoms with Crippen LogP contribution >= 0.6 is 11.6 Å². The van der Waals surface area contributed by atoms with Gasteiger partial charge in [0.2, 0.25) is 0 Å². The van der Waals surface area contributed by atoms with Crippen molar-refractivity contribution in [2.75, 3.05) is 31.1 Å². The van der Waals surface area contributed by atoms with E-state index in [2.05, 4.69) is 23.1 Å². The molecule has 1 aliphatic rings. The number of amides is 1. The topological polar surface area (TPSA) is 52.3 Å². The quantitative estimate of drug-likeness (QED) is 0.398. The molecule has 2 heterocycles. The minimum atomic E-state index is -0.479. The molecule has 1 aliphatic heterocycles. The van der Waals surface area contributed by atoms with Crippen molar-refractivity contribution in [1.82, 2.24) is 9.47 Å². The van der Waals surface area contributed by atoms with Gasteiger partial charge in [-0.05, 0) is 61.9 Å². The summed E-state index contributed by atoms with van der Waals surface area (Å²) in [6.45, 7) is 6.36. The first-order valence-corrected chi connectivity index (χ1v) is 11.1. The van der Waals surface area contributed by atoms with Crippen molar-refractivity contribution in [3.05, 3.63) is 88.0 Å². The molecular weight excluding hydrogens is 439 g/mol. The SMILES string of the molecule is Cc1cc(/C=C(\C#N)C(=O)N2CCN(c3ccccc3)CC2)c(C)n1-c1ccc(F)c(Cl)c1. The number of benzene rings is 2. The van der Waals surface area contributed by atoms with Crippen molar-refractivity contribution in [1.29, 1.82) is 5.26 Å². The number of carbonyl (C=O) groups excluding carboxylic acids is 1. The Bertz CT molecular complexity index is 1250. The summed E-state index contributed by atoms with van der Waals surface area (Å²) in [5.41, 5.74) is 4.44. The fourth-order valence-corrected chi connectivity index (χ4v) is 4.40. The molecule has 5 nitrogen and oxygen atoms in total. The van der Waals surface area contributed by atoms with Gasteiger partial charge < -0.3 is 14.4 Å². The highest BCUT2D eigenvalue weighted by Crippen LogP contribution is 2.26. The van der Waals surface area contributed by atoms with Gasteiger partial charge in [0, 0.05) is 48.9 Å². The van der Waals surface area contributed by atoms with Crippen molar-refractivity contribution < 1.29 is 9.18 Å². The monoisotopic (exact) mass is 462 g/mol. The van der Waals surface area contributed by atoms with Crippen molar-refractivity contribution in [3.8, 4) is 11.8 Å². The van der Waals surface area contributed by atoms with Gasteiger partial charge in [0.15, 0.2) is 0 Å². The number of halogens is 2. The van der Waals surface area contributed by atoms with Gasteiger partial charge in [-0.2, -0.15) is 5.26 Å². The third-order valence-electron chi connectivity index (χ3n) is 5.97. The number of hydrogen-bond donors (Lipinski definition) is 0. The average molecular weight is 463 g/mol. The van der Waals surface area contributed by atoms with Crippen LogP contribution in [0.3, 0.4) is 0 Å². The first-order valence-electron chi connectivity index (χ1n) is 10.7. The van der Waals surface area contributed by atoms with Gasteiger partial charge in [0.05, 0.1) is 5.02 Å². The Labute approximate surface area is 197 Å². The summed E-state index contributed by atoms with van der Waals surface area (Å²) in [6.07, 6.45) is 1.63. The number of hydrogen-bond acceptors (Lipinski definition) is 3. The molecule has 0 unspecified atom stereocenters. The number of nitriles is 1. The van der Waals surface area contributed by atoms with Crippen LogP contribution in [-0.2, 0) is 4.79 Å². The van der Waals surface area contributed by atoms with Crippen LogP contribution in [0.5, 0.6) is 0 Å². The van der Waals surface area contributed by atoms with Gasteiger partial charge in [-0.1, -0.05) is 29.8 Å². The number of rotatable bonds is 4. The smallest absolute Gasteiger partial charge is 0.264 e. The first-order chi connectivity index (χ1) is 15.9. The molecule has 1 amide bonds. The zero-order chi connectivity index (χ0) is 23.5. The van der Waals surface area contributed by atoms with Gasteiger partial charge in [-0.15, -0.1) is 0 Å². The Balaban J connectivity index is 1.54. The van der Waals surface area contributed by atoms with E-state index in [0.717, 1.165) is 28.3 Å². The largest absolute Gasteiger partial charge is 0.368 e. The molecule has 33 heavy (non-hydrogen) atoms. The molecule has 0 radical (unpaired) electrons. The molecule has 3 aromatic rings. The summed E-state index contributed by atoms with van der Waals surface area (Å²) in [4.78, 5) is 17.0. The standard InChI is InChI=1S/C26H24ClFN4O/c1-18-14-20(19(2)32(18)23-8-9-25(28)24(27)16-23)15-21(17-29)26(33)31-12-10-30(11-13-31)22-6-4-3-5-7-22/h3-9,14-16H,10-13H2,1-2H3/b21-15+. The molecule has 0 N–H and O–H groups in total. The highest BCUT2D eigenvalue weighted by atomic mass is 35.5. The van der Waals surface area contributed by atoms with E-state index in [1.165, 1.54) is 6.07 Å². The Hall–Kier alpha value is -3.56. The molecule has 7 heteroatoms. The Morgan fingerprint density at radius 1 is 1.03 bits per heavy atom. The predicted octanol–water partition coefficient (Wildman–Crippen LogP) is 5.14. The van der Waals surface area contributed by atoms with Gasteiger partial charge in [0.25, 0.3) is 5.91 Å². The zero-order valence-corrected chi connectivity index (χ0v) is 19.3. The van der Waals surface area contributed by atoms with Crippen molar-refractivity contribution in [2.24, 2.45) is 0 Å². The molecule has 0 aliphatic carbocycles. The molecule has 1 aromatic heterocycles. The minimum Gasteiger partial charge on any atom is -0.368 e. The maximum Gasteiger partial charge on any atom is 0.264 e. The summed E-state index contributed by atoms with van der Waals surface area (Å²) in [6, 6.07) is 18.6. The molecule has 1 fully saturated rings. The number of aromatic nitrogens is 1. The Morgan fingerprint density at radius 2 is 1.73 bits per heavy atom. The summed E-state index contributed by atoms with van der Waals surface area (Å²) in [5, 5.41) is 9.77.